The first kappa shape index (κ1) is 13.6. The molecule has 0 radical (unpaired) electrons. The zero-order valence-corrected chi connectivity index (χ0v) is 12.9. The molecule has 0 spiro atoms. The first-order valence-electron chi connectivity index (χ1n) is 8.69. The molecule has 0 amide bonds. The minimum atomic E-state index is 0.787. The number of hydrogen-bond acceptors (Lipinski definition) is 3. The molecule has 3 nitrogen and oxygen atoms in total. The Hall–Kier alpha value is -1.06. The van der Waals surface area contributed by atoms with Crippen LogP contribution in [0.4, 0.5) is 5.69 Å². The maximum atomic E-state index is 3.84. The number of fused-ring (bicyclic) bond motifs is 3. The van der Waals surface area contributed by atoms with Gasteiger partial charge in [0, 0.05) is 31.4 Å². The Bertz CT molecular complexity index is 487. The van der Waals surface area contributed by atoms with E-state index < -0.39 is 0 Å². The molecule has 1 N–H and O–H groups in total. The summed E-state index contributed by atoms with van der Waals surface area (Å²) in [6.07, 6.45) is 5.26. The topological polar surface area (TPSA) is 18.5 Å². The third-order valence-corrected chi connectivity index (χ3v) is 5.63. The second kappa shape index (κ2) is 5.98. The van der Waals surface area contributed by atoms with E-state index in [0.717, 1.165) is 12.0 Å². The van der Waals surface area contributed by atoms with Crippen LogP contribution in [-0.2, 0) is 6.42 Å². The second-order valence-electron chi connectivity index (χ2n) is 6.92. The highest BCUT2D eigenvalue weighted by Gasteiger charge is 2.33. The van der Waals surface area contributed by atoms with Crippen LogP contribution >= 0.6 is 0 Å². The van der Waals surface area contributed by atoms with Crippen molar-refractivity contribution in [2.24, 2.45) is 5.92 Å². The van der Waals surface area contributed by atoms with Gasteiger partial charge in [-0.15, -0.1) is 0 Å². The van der Waals surface area contributed by atoms with Gasteiger partial charge in [-0.25, -0.2) is 0 Å². The largest absolute Gasteiger partial charge is 0.371 e. The smallest absolute Gasteiger partial charge is 0.0399 e. The third-order valence-electron chi connectivity index (χ3n) is 5.63. The summed E-state index contributed by atoms with van der Waals surface area (Å²) in [6, 6.07) is 9.68. The average Bonchev–Trinajstić information content (AvgIpc) is 3.10. The zero-order chi connectivity index (χ0) is 14.1. The molecule has 3 aliphatic rings. The maximum Gasteiger partial charge on any atom is 0.0399 e. The van der Waals surface area contributed by atoms with Crippen LogP contribution in [0.25, 0.3) is 0 Å². The maximum absolute atomic E-state index is 3.84. The Labute approximate surface area is 128 Å². The van der Waals surface area contributed by atoms with Gasteiger partial charge in [-0.1, -0.05) is 18.2 Å². The lowest BCUT2D eigenvalue weighted by atomic mass is 9.94. The molecule has 3 heteroatoms. The lowest BCUT2D eigenvalue weighted by molar-refractivity contribution is 0.221. The van der Waals surface area contributed by atoms with Gasteiger partial charge >= 0.3 is 0 Å². The van der Waals surface area contributed by atoms with E-state index in [-0.39, 0.29) is 0 Å². The molecule has 0 aliphatic carbocycles. The molecule has 21 heavy (non-hydrogen) atoms. The van der Waals surface area contributed by atoms with Crippen molar-refractivity contribution in [3.63, 3.8) is 0 Å². The second-order valence-corrected chi connectivity index (χ2v) is 6.92. The fourth-order valence-electron chi connectivity index (χ4n) is 4.42. The number of nitrogens with zero attached hydrogens (tertiary/aromatic N) is 2. The average molecular weight is 285 g/mol. The van der Waals surface area contributed by atoms with E-state index in [1.54, 1.807) is 0 Å². The molecule has 2 fully saturated rings. The fraction of sp³-hybridized carbons (Fsp3) is 0.667. The molecule has 3 atom stereocenters. The number of nitrogens with one attached hydrogen (secondary N) is 1. The summed E-state index contributed by atoms with van der Waals surface area (Å²) in [6.45, 7) is 7.59. The van der Waals surface area contributed by atoms with Gasteiger partial charge in [-0.2, -0.15) is 0 Å². The van der Waals surface area contributed by atoms with Crippen LogP contribution in [0.3, 0.4) is 0 Å². The van der Waals surface area contributed by atoms with Crippen LogP contribution in [0.15, 0.2) is 24.3 Å². The summed E-state index contributed by atoms with van der Waals surface area (Å²) < 4.78 is 0. The van der Waals surface area contributed by atoms with E-state index in [1.807, 2.05) is 0 Å². The SMILES string of the molecule is c1ccc2c(c1)CCN2CCCNC1CCN2CCC1C2. The highest BCUT2D eigenvalue weighted by atomic mass is 15.2. The number of benzene rings is 1. The highest BCUT2D eigenvalue weighted by molar-refractivity contribution is 5.57. The summed E-state index contributed by atoms with van der Waals surface area (Å²) in [5, 5.41) is 3.84. The molecule has 0 saturated carbocycles. The summed E-state index contributed by atoms with van der Waals surface area (Å²) in [5.74, 6) is 0.922. The monoisotopic (exact) mass is 285 g/mol. The van der Waals surface area contributed by atoms with Crippen molar-refractivity contribution in [2.45, 2.75) is 31.7 Å². The van der Waals surface area contributed by atoms with Crippen LogP contribution in [0.5, 0.6) is 0 Å². The Morgan fingerprint density at radius 3 is 3.00 bits per heavy atom. The molecular weight excluding hydrogens is 258 g/mol. The van der Waals surface area contributed by atoms with Gasteiger partial charge in [-0.05, 0) is 62.9 Å². The molecular formula is C18H27N3. The van der Waals surface area contributed by atoms with Gasteiger partial charge in [0.1, 0.15) is 0 Å². The van der Waals surface area contributed by atoms with Gasteiger partial charge in [0.2, 0.25) is 0 Å². The van der Waals surface area contributed by atoms with Gasteiger partial charge < -0.3 is 15.1 Å². The first-order chi connectivity index (χ1) is 10.4. The van der Waals surface area contributed by atoms with E-state index in [0.29, 0.717) is 0 Å². The van der Waals surface area contributed by atoms with Crippen LogP contribution in [-0.4, -0.2) is 50.2 Å². The molecule has 114 valence electrons. The van der Waals surface area contributed by atoms with Crippen molar-refractivity contribution in [3.8, 4) is 0 Å². The van der Waals surface area contributed by atoms with E-state index in [4.69, 9.17) is 0 Å². The molecule has 2 saturated heterocycles. The van der Waals surface area contributed by atoms with Crippen molar-refractivity contribution in [2.75, 3.05) is 44.2 Å². The van der Waals surface area contributed by atoms with Gasteiger partial charge in [-0.3, -0.25) is 0 Å². The molecule has 3 unspecified atom stereocenters. The van der Waals surface area contributed by atoms with Crippen LogP contribution in [0, 0.1) is 5.92 Å². The van der Waals surface area contributed by atoms with Crippen molar-refractivity contribution in [1.82, 2.24) is 10.2 Å². The van der Waals surface area contributed by atoms with Crippen LogP contribution < -0.4 is 10.2 Å². The Balaban J connectivity index is 1.22. The first-order valence-corrected chi connectivity index (χ1v) is 8.69. The summed E-state index contributed by atoms with van der Waals surface area (Å²) in [4.78, 5) is 5.19. The number of anilines is 1. The van der Waals surface area contributed by atoms with Crippen molar-refractivity contribution in [1.29, 1.82) is 0 Å². The summed E-state index contributed by atoms with van der Waals surface area (Å²) in [7, 11) is 0. The minimum absolute atomic E-state index is 0.787. The van der Waals surface area contributed by atoms with E-state index in [1.165, 1.54) is 76.2 Å². The lowest BCUT2D eigenvalue weighted by Crippen LogP contribution is -2.44. The normalized spacial score (nSPS) is 30.7. The lowest BCUT2D eigenvalue weighted by Gasteiger charge is -2.31. The predicted octanol–water partition coefficient (Wildman–Crippen LogP) is 2.12. The molecule has 3 aliphatic heterocycles. The molecule has 1 aromatic carbocycles. The Morgan fingerprint density at radius 1 is 1.10 bits per heavy atom. The van der Waals surface area contributed by atoms with Gasteiger partial charge in [0.25, 0.3) is 0 Å². The number of piperidine rings is 1. The summed E-state index contributed by atoms with van der Waals surface area (Å²) in [5.41, 5.74) is 3.00. The van der Waals surface area contributed by atoms with Crippen molar-refractivity contribution < 1.29 is 0 Å². The van der Waals surface area contributed by atoms with Gasteiger partial charge in [0.05, 0.1) is 0 Å². The fourth-order valence-corrected chi connectivity index (χ4v) is 4.42. The third kappa shape index (κ3) is 2.82. The zero-order valence-electron chi connectivity index (χ0n) is 12.9. The number of para-hydroxylation sites is 1. The molecule has 3 heterocycles. The van der Waals surface area contributed by atoms with Crippen LogP contribution in [0.2, 0.25) is 0 Å². The molecule has 4 rings (SSSR count). The molecule has 1 aromatic rings. The Kier molecular flexibility index (Phi) is 3.87. The Morgan fingerprint density at radius 2 is 2.00 bits per heavy atom. The van der Waals surface area contributed by atoms with Gasteiger partial charge in [0.15, 0.2) is 0 Å². The highest BCUT2D eigenvalue weighted by Crippen LogP contribution is 2.28. The number of rotatable bonds is 5. The van der Waals surface area contributed by atoms with E-state index in [2.05, 4.69) is 39.4 Å². The molecule has 0 aromatic heterocycles. The minimum Gasteiger partial charge on any atom is -0.371 e. The van der Waals surface area contributed by atoms with Crippen molar-refractivity contribution >= 4 is 5.69 Å². The molecule has 2 bridgehead atoms. The van der Waals surface area contributed by atoms with E-state index >= 15 is 0 Å². The predicted molar refractivity (Wildman–Crippen MR) is 87.9 cm³/mol. The standard InChI is InChI=1S/C18H27N3/c1-2-5-18-15(4-1)7-13-21(18)10-3-9-19-17-8-12-20-11-6-16(17)14-20/h1-2,4-5,16-17,19H,3,6-14H2. The quantitative estimate of drug-likeness (QED) is 0.836. The summed E-state index contributed by atoms with van der Waals surface area (Å²) >= 11 is 0. The van der Waals surface area contributed by atoms with Crippen molar-refractivity contribution in [3.05, 3.63) is 29.8 Å². The van der Waals surface area contributed by atoms with E-state index in [9.17, 15) is 0 Å². The van der Waals surface area contributed by atoms with Crippen LogP contribution in [0.1, 0.15) is 24.8 Å². The number of hydrogen-bond donors (Lipinski definition) is 1.